The summed E-state index contributed by atoms with van der Waals surface area (Å²) in [7, 11) is 0. The van der Waals surface area contributed by atoms with E-state index in [9.17, 15) is 4.79 Å². The predicted octanol–water partition coefficient (Wildman–Crippen LogP) is 1.62. The van der Waals surface area contributed by atoms with Crippen molar-refractivity contribution in [1.82, 2.24) is 14.9 Å². The standard InChI is InChI=1S/C20H21N3O4/c24-19(17-9-14-3-1-2-4-16(14)27-17)23-12-20(13-23)10-15(5-8-25-20)26-18-11-21-6-7-22-18/h1-4,6-7,11,15,17H,5,8-10,12-13H2/t15-,17-/m0/s1. The van der Waals surface area contributed by atoms with Gasteiger partial charge in [0.05, 0.1) is 25.9 Å². The van der Waals surface area contributed by atoms with E-state index in [-0.39, 0.29) is 17.6 Å². The Balaban J connectivity index is 1.18. The molecular weight excluding hydrogens is 346 g/mol. The van der Waals surface area contributed by atoms with Crippen LogP contribution in [-0.4, -0.2) is 58.3 Å². The van der Waals surface area contributed by atoms with E-state index in [2.05, 4.69) is 9.97 Å². The van der Waals surface area contributed by atoms with Gasteiger partial charge in [-0.25, -0.2) is 4.98 Å². The molecule has 1 aromatic carbocycles. The van der Waals surface area contributed by atoms with Crippen molar-refractivity contribution in [1.29, 1.82) is 0 Å². The summed E-state index contributed by atoms with van der Waals surface area (Å²) < 4.78 is 17.8. The number of carbonyl (C=O) groups is 1. The summed E-state index contributed by atoms with van der Waals surface area (Å²) >= 11 is 0. The topological polar surface area (TPSA) is 73.8 Å². The van der Waals surface area contributed by atoms with E-state index in [1.165, 1.54) is 0 Å². The molecule has 0 bridgehead atoms. The lowest BCUT2D eigenvalue weighted by atomic mass is 9.84. The second-order valence-electron chi connectivity index (χ2n) is 7.42. The highest BCUT2D eigenvalue weighted by molar-refractivity contribution is 5.83. The minimum Gasteiger partial charge on any atom is -0.480 e. The average Bonchev–Trinajstić information content (AvgIpc) is 3.11. The molecule has 0 saturated carbocycles. The van der Waals surface area contributed by atoms with Gasteiger partial charge in [-0.05, 0) is 11.6 Å². The van der Waals surface area contributed by atoms with Gasteiger partial charge in [-0.2, -0.15) is 0 Å². The third kappa shape index (κ3) is 3.12. The molecule has 5 rings (SSSR count). The van der Waals surface area contributed by atoms with Gasteiger partial charge in [-0.1, -0.05) is 18.2 Å². The fourth-order valence-electron chi connectivity index (χ4n) is 4.15. The summed E-state index contributed by atoms with van der Waals surface area (Å²) in [5.74, 6) is 1.39. The highest BCUT2D eigenvalue weighted by Gasteiger charge is 2.51. The molecule has 2 saturated heterocycles. The van der Waals surface area contributed by atoms with Crippen LogP contribution in [0.1, 0.15) is 18.4 Å². The first-order valence-electron chi connectivity index (χ1n) is 9.31. The molecule has 7 nitrogen and oxygen atoms in total. The molecule has 1 aromatic heterocycles. The number of aromatic nitrogens is 2. The summed E-state index contributed by atoms with van der Waals surface area (Å²) in [4.78, 5) is 22.8. The number of hydrogen-bond acceptors (Lipinski definition) is 6. The molecule has 2 fully saturated rings. The molecule has 0 aliphatic carbocycles. The van der Waals surface area contributed by atoms with Crippen molar-refractivity contribution in [2.45, 2.75) is 37.1 Å². The maximum Gasteiger partial charge on any atom is 0.264 e. The van der Waals surface area contributed by atoms with Crippen molar-refractivity contribution in [3.05, 3.63) is 48.4 Å². The monoisotopic (exact) mass is 367 g/mol. The normalized spacial score (nSPS) is 25.4. The smallest absolute Gasteiger partial charge is 0.264 e. The Labute approximate surface area is 157 Å². The van der Waals surface area contributed by atoms with Crippen LogP contribution in [0.5, 0.6) is 11.6 Å². The molecule has 27 heavy (non-hydrogen) atoms. The zero-order valence-corrected chi connectivity index (χ0v) is 14.9. The first-order valence-corrected chi connectivity index (χ1v) is 9.31. The van der Waals surface area contributed by atoms with Crippen LogP contribution in [0.2, 0.25) is 0 Å². The number of ether oxygens (including phenoxy) is 3. The van der Waals surface area contributed by atoms with Gasteiger partial charge in [0.1, 0.15) is 17.5 Å². The number of rotatable bonds is 3. The largest absolute Gasteiger partial charge is 0.480 e. The number of benzene rings is 1. The Morgan fingerprint density at radius 2 is 2.15 bits per heavy atom. The molecule has 7 heteroatoms. The number of nitrogens with zero attached hydrogens (tertiary/aromatic N) is 3. The summed E-state index contributed by atoms with van der Waals surface area (Å²) in [5, 5.41) is 0. The Morgan fingerprint density at radius 3 is 2.96 bits per heavy atom. The first kappa shape index (κ1) is 16.5. The second kappa shape index (κ2) is 6.49. The van der Waals surface area contributed by atoms with Crippen molar-refractivity contribution < 1.29 is 19.0 Å². The third-order valence-electron chi connectivity index (χ3n) is 5.47. The van der Waals surface area contributed by atoms with Crippen LogP contribution in [0, 0.1) is 0 Å². The number of amides is 1. The van der Waals surface area contributed by atoms with Gasteiger partial charge in [0.25, 0.3) is 5.91 Å². The SMILES string of the molecule is O=C([C@@H]1Cc2ccccc2O1)N1CC2(C[C@@H](Oc3cnccn3)CCO2)C1. The van der Waals surface area contributed by atoms with Gasteiger partial charge < -0.3 is 19.1 Å². The van der Waals surface area contributed by atoms with Crippen molar-refractivity contribution in [2.75, 3.05) is 19.7 Å². The lowest BCUT2D eigenvalue weighted by Crippen LogP contribution is -2.69. The van der Waals surface area contributed by atoms with E-state index in [0.29, 0.717) is 32.0 Å². The van der Waals surface area contributed by atoms with Crippen LogP contribution in [0.3, 0.4) is 0 Å². The number of hydrogen-bond donors (Lipinski definition) is 0. The van der Waals surface area contributed by atoms with Gasteiger partial charge in [0, 0.05) is 31.7 Å². The zero-order valence-electron chi connectivity index (χ0n) is 14.9. The fraction of sp³-hybridized carbons (Fsp3) is 0.450. The van der Waals surface area contributed by atoms with Crippen LogP contribution in [0.4, 0.5) is 0 Å². The predicted molar refractivity (Wildman–Crippen MR) is 95.5 cm³/mol. The lowest BCUT2D eigenvalue weighted by Gasteiger charge is -2.53. The van der Waals surface area contributed by atoms with E-state index in [1.807, 2.05) is 29.2 Å². The Hall–Kier alpha value is -2.67. The number of carbonyl (C=O) groups excluding carboxylic acids is 1. The fourth-order valence-corrected chi connectivity index (χ4v) is 4.15. The summed E-state index contributed by atoms with van der Waals surface area (Å²) in [6.07, 6.45) is 6.66. The molecule has 1 amide bonds. The minimum atomic E-state index is -0.421. The van der Waals surface area contributed by atoms with E-state index >= 15 is 0 Å². The molecule has 0 radical (unpaired) electrons. The third-order valence-corrected chi connectivity index (χ3v) is 5.47. The van der Waals surface area contributed by atoms with E-state index in [1.54, 1.807) is 18.6 Å². The average molecular weight is 367 g/mol. The van der Waals surface area contributed by atoms with Crippen molar-refractivity contribution in [3.8, 4) is 11.6 Å². The van der Waals surface area contributed by atoms with Crippen molar-refractivity contribution in [2.24, 2.45) is 0 Å². The zero-order chi connectivity index (χ0) is 18.3. The van der Waals surface area contributed by atoms with Gasteiger partial charge in [-0.15, -0.1) is 0 Å². The maximum absolute atomic E-state index is 12.8. The maximum atomic E-state index is 12.8. The highest BCUT2D eigenvalue weighted by atomic mass is 16.5. The van der Waals surface area contributed by atoms with Crippen molar-refractivity contribution in [3.63, 3.8) is 0 Å². The first-order chi connectivity index (χ1) is 13.2. The molecule has 2 atom stereocenters. The molecule has 4 heterocycles. The van der Waals surface area contributed by atoms with E-state index in [4.69, 9.17) is 14.2 Å². The molecule has 3 aliphatic rings. The number of para-hydroxylation sites is 1. The van der Waals surface area contributed by atoms with Crippen LogP contribution >= 0.6 is 0 Å². The van der Waals surface area contributed by atoms with Gasteiger partial charge in [0.2, 0.25) is 5.88 Å². The Kier molecular flexibility index (Phi) is 3.97. The van der Waals surface area contributed by atoms with Crippen LogP contribution in [-0.2, 0) is 16.0 Å². The Morgan fingerprint density at radius 1 is 1.26 bits per heavy atom. The van der Waals surface area contributed by atoms with E-state index < -0.39 is 6.10 Å². The molecule has 3 aliphatic heterocycles. The van der Waals surface area contributed by atoms with Gasteiger partial charge in [0.15, 0.2) is 6.10 Å². The summed E-state index contributed by atoms with van der Waals surface area (Å²) in [5.41, 5.74) is 0.782. The minimum absolute atomic E-state index is 0.0275. The molecule has 0 unspecified atom stereocenters. The van der Waals surface area contributed by atoms with Crippen molar-refractivity contribution >= 4 is 5.91 Å². The summed E-state index contributed by atoms with van der Waals surface area (Å²) in [6.45, 7) is 1.79. The highest BCUT2D eigenvalue weighted by Crippen LogP contribution is 2.37. The summed E-state index contributed by atoms with van der Waals surface area (Å²) in [6, 6.07) is 7.83. The molecule has 1 spiro atoms. The lowest BCUT2D eigenvalue weighted by molar-refractivity contribution is -0.196. The quantitative estimate of drug-likeness (QED) is 0.821. The van der Waals surface area contributed by atoms with Crippen LogP contribution in [0.25, 0.3) is 0 Å². The molecule has 140 valence electrons. The number of likely N-dealkylation sites (tertiary alicyclic amines) is 1. The van der Waals surface area contributed by atoms with Gasteiger partial charge in [-0.3, -0.25) is 9.78 Å². The number of fused-ring (bicyclic) bond motifs is 1. The molecule has 0 N–H and O–H groups in total. The van der Waals surface area contributed by atoms with Crippen LogP contribution in [0.15, 0.2) is 42.9 Å². The molecular formula is C20H21N3O4. The van der Waals surface area contributed by atoms with Crippen LogP contribution < -0.4 is 9.47 Å². The van der Waals surface area contributed by atoms with E-state index in [0.717, 1.165) is 24.2 Å². The molecule has 2 aromatic rings. The van der Waals surface area contributed by atoms with Gasteiger partial charge >= 0.3 is 0 Å². The second-order valence-corrected chi connectivity index (χ2v) is 7.42. The Bertz CT molecular complexity index is 813.